The van der Waals surface area contributed by atoms with E-state index in [0.717, 1.165) is 21.3 Å². The van der Waals surface area contributed by atoms with E-state index in [9.17, 15) is 4.79 Å². The van der Waals surface area contributed by atoms with Gasteiger partial charge >= 0.3 is 0 Å². The summed E-state index contributed by atoms with van der Waals surface area (Å²) in [6.45, 7) is 2.40. The zero-order valence-electron chi connectivity index (χ0n) is 11.7. The van der Waals surface area contributed by atoms with Crippen LogP contribution in [-0.4, -0.2) is 12.5 Å². The first-order valence-electron chi connectivity index (χ1n) is 6.56. The third-order valence-corrected chi connectivity index (χ3v) is 3.48. The number of halogens is 1. The molecule has 0 aliphatic heterocycles. The van der Waals surface area contributed by atoms with Gasteiger partial charge in [-0.3, -0.25) is 4.79 Å². The Bertz CT molecular complexity index is 627. The molecule has 0 radical (unpaired) electrons. The fourth-order valence-electron chi connectivity index (χ4n) is 1.82. The molecular weight excluding hydrogens is 332 g/mol. The van der Waals surface area contributed by atoms with Gasteiger partial charge in [-0.05, 0) is 48.4 Å². The second-order valence-electron chi connectivity index (χ2n) is 4.64. The number of ether oxygens (including phenoxy) is 1. The van der Waals surface area contributed by atoms with Crippen molar-refractivity contribution in [3.8, 4) is 5.75 Å². The number of hydrogen-bond acceptors (Lipinski definition) is 3. The summed E-state index contributed by atoms with van der Waals surface area (Å²) in [6.07, 6.45) is 0. The average Bonchev–Trinajstić information content (AvgIpc) is 2.48. The van der Waals surface area contributed by atoms with Gasteiger partial charge in [0.2, 0.25) is 0 Å². The van der Waals surface area contributed by atoms with Crippen LogP contribution < -0.4 is 15.8 Å². The normalized spacial score (nSPS) is 10.2. The van der Waals surface area contributed by atoms with Crippen LogP contribution in [0.25, 0.3) is 0 Å². The van der Waals surface area contributed by atoms with Gasteiger partial charge in [0.25, 0.3) is 5.91 Å². The number of carbonyl (C=O) groups excluding carboxylic acids is 1. The summed E-state index contributed by atoms with van der Waals surface area (Å²) < 4.78 is 6.42. The molecule has 0 fully saturated rings. The number of nitrogens with two attached hydrogens (primary N) is 1. The Morgan fingerprint density at radius 1 is 1.24 bits per heavy atom. The molecule has 0 aliphatic rings. The topological polar surface area (TPSA) is 64.3 Å². The number of amides is 1. The maximum atomic E-state index is 11.9. The SMILES string of the molecule is Cc1cc(Br)ccc1NC(=O)COc1ccc(CN)cc1. The molecule has 0 atom stereocenters. The van der Waals surface area contributed by atoms with Crippen molar-refractivity contribution in [3.05, 3.63) is 58.1 Å². The molecule has 1 amide bonds. The lowest BCUT2D eigenvalue weighted by molar-refractivity contribution is -0.118. The van der Waals surface area contributed by atoms with E-state index in [1.165, 1.54) is 0 Å². The highest BCUT2D eigenvalue weighted by molar-refractivity contribution is 9.10. The van der Waals surface area contributed by atoms with Crippen molar-refractivity contribution in [2.24, 2.45) is 5.73 Å². The zero-order chi connectivity index (χ0) is 15.2. The van der Waals surface area contributed by atoms with Gasteiger partial charge in [0.1, 0.15) is 5.75 Å². The quantitative estimate of drug-likeness (QED) is 0.871. The summed E-state index contributed by atoms with van der Waals surface area (Å²) in [6, 6.07) is 13.1. The van der Waals surface area contributed by atoms with Crippen LogP contribution >= 0.6 is 15.9 Å². The largest absolute Gasteiger partial charge is 0.484 e. The summed E-state index contributed by atoms with van der Waals surface area (Å²) >= 11 is 3.39. The van der Waals surface area contributed by atoms with Gasteiger partial charge in [-0.2, -0.15) is 0 Å². The van der Waals surface area contributed by atoms with E-state index >= 15 is 0 Å². The lowest BCUT2D eigenvalue weighted by Gasteiger charge is -2.10. The minimum atomic E-state index is -0.191. The highest BCUT2D eigenvalue weighted by Gasteiger charge is 2.06. The number of rotatable bonds is 5. The smallest absolute Gasteiger partial charge is 0.262 e. The van der Waals surface area contributed by atoms with Gasteiger partial charge in [-0.25, -0.2) is 0 Å². The van der Waals surface area contributed by atoms with E-state index in [1.807, 2.05) is 37.3 Å². The molecule has 3 N–H and O–H groups in total. The van der Waals surface area contributed by atoms with E-state index in [4.69, 9.17) is 10.5 Å². The molecule has 0 aliphatic carbocycles. The van der Waals surface area contributed by atoms with E-state index in [-0.39, 0.29) is 12.5 Å². The zero-order valence-corrected chi connectivity index (χ0v) is 13.3. The van der Waals surface area contributed by atoms with E-state index in [2.05, 4.69) is 21.2 Å². The van der Waals surface area contributed by atoms with E-state index in [1.54, 1.807) is 12.1 Å². The van der Waals surface area contributed by atoms with Gasteiger partial charge in [0.15, 0.2) is 6.61 Å². The molecule has 0 spiro atoms. The highest BCUT2D eigenvalue weighted by Crippen LogP contribution is 2.20. The predicted octanol–water partition coefficient (Wildman–Crippen LogP) is 3.23. The fraction of sp³-hybridized carbons (Fsp3) is 0.188. The van der Waals surface area contributed by atoms with Gasteiger partial charge in [-0.15, -0.1) is 0 Å². The third kappa shape index (κ3) is 4.58. The minimum absolute atomic E-state index is 0.0303. The summed E-state index contributed by atoms with van der Waals surface area (Å²) in [5.74, 6) is 0.457. The van der Waals surface area contributed by atoms with Crippen molar-refractivity contribution in [1.82, 2.24) is 0 Å². The Labute approximate surface area is 132 Å². The number of aryl methyl sites for hydroxylation is 1. The van der Waals surface area contributed by atoms with Crippen LogP contribution in [0.2, 0.25) is 0 Å². The van der Waals surface area contributed by atoms with Crippen molar-refractivity contribution in [2.45, 2.75) is 13.5 Å². The van der Waals surface area contributed by atoms with Crippen LogP contribution in [0.4, 0.5) is 5.69 Å². The average molecular weight is 349 g/mol. The first-order chi connectivity index (χ1) is 10.1. The number of hydrogen-bond donors (Lipinski definition) is 2. The summed E-state index contributed by atoms with van der Waals surface area (Å²) in [4.78, 5) is 11.9. The summed E-state index contributed by atoms with van der Waals surface area (Å²) in [5.41, 5.74) is 8.32. The van der Waals surface area contributed by atoms with Crippen LogP contribution in [0.5, 0.6) is 5.75 Å². The first-order valence-corrected chi connectivity index (χ1v) is 7.35. The second kappa shape index (κ2) is 7.24. The Balaban J connectivity index is 1.89. The van der Waals surface area contributed by atoms with Crippen LogP contribution in [0, 0.1) is 6.92 Å². The fourth-order valence-corrected chi connectivity index (χ4v) is 2.30. The standard InChI is InChI=1S/C16H17BrN2O2/c1-11-8-13(17)4-7-15(11)19-16(20)10-21-14-5-2-12(9-18)3-6-14/h2-8H,9-10,18H2,1H3,(H,19,20). The molecule has 0 saturated heterocycles. The van der Waals surface area contributed by atoms with Gasteiger partial charge in [-0.1, -0.05) is 28.1 Å². The Morgan fingerprint density at radius 2 is 1.95 bits per heavy atom. The lowest BCUT2D eigenvalue weighted by atomic mass is 10.2. The third-order valence-electron chi connectivity index (χ3n) is 2.99. The molecule has 0 bridgehead atoms. The van der Waals surface area contributed by atoms with Crippen molar-refractivity contribution in [2.75, 3.05) is 11.9 Å². The van der Waals surface area contributed by atoms with Crippen LogP contribution in [0.1, 0.15) is 11.1 Å². The maximum Gasteiger partial charge on any atom is 0.262 e. The summed E-state index contributed by atoms with van der Waals surface area (Å²) in [7, 11) is 0. The molecule has 0 saturated carbocycles. The van der Waals surface area contributed by atoms with Crippen LogP contribution in [-0.2, 0) is 11.3 Å². The van der Waals surface area contributed by atoms with Gasteiger partial charge < -0.3 is 15.8 Å². The van der Waals surface area contributed by atoms with E-state index < -0.39 is 0 Å². The first kappa shape index (κ1) is 15.5. The Hall–Kier alpha value is -1.85. The lowest BCUT2D eigenvalue weighted by Crippen LogP contribution is -2.20. The van der Waals surface area contributed by atoms with Crippen LogP contribution in [0.15, 0.2) is 46.9 Å². The van der Waals surface area contributed by atoms with Crippen molar-refractivity contribution >= 4 is 27.5 Å². The molecular formula is C16H17BrN2O2. The molecule has 110 valence electrons. The molecule has 0 aromatic heterocycles. The molecule has 2 aromatic carbocycles. The number of nitrogens with one attached hydrogen (secondary N) is 1. The molecule has 2 rings (SSSR count). The van der Waals surface area contributed by atoms with Crippen LogP contribution in [0.3, 0.4) is 0 Å². The van der Waals surface area contributed by atoms with Gasteiger partial charge in [0.05, 0.1) is 0 Å². The molecule has 0 unspecified atom stereocenters. The number of carbonyl (C=O) groups is 1. The maximum absolute atomic E-state index is 11.9. The van der Waals surface area contributed by atoms with E-state index in [0.29, 0.717) is 12.3 Å². The minimum Gasteiger partial charge on any atom is -0.484 e. The van der Waals surface area contributed by atoms with Crippen molar-refractivity contribution < 1.29 is 9.53 Å². The van der Waals surface area contributed by atoms with Gasteiger partial charge in [0, 0.05) is 16.7 Å². The second-order valence-corrected chi connectivity index (χ2v) is 5.56. The molecule has 0 heterocycles. The molecule has 2 aromatic rings. The molecule has 4 nitrogen and oxygen atoms in total. The predicted molar refractivity (Wildman–Crippen MR) is 87.3 cm³/mol. The molecule has 5 heteroatoms. The number of anilines is 1. The van der Waals surface area contributed by atoms with Crippen molar-refractivity contribution in [3.63, 3.8) is 0 Å². The molecule has 21 heavy (non-hydrogen) atoms. The monoisotopic (exact) mass is 348 g/mol. The number of benzene rings is 2. The Morgan fingerprint density at radius 3 is 2.57 bits per heavy atom. The Kier molecular flexibility index (Phi) is 5.36. The van der Waals surface area contributed by atoms with Crippen molar-refractivity contribution in [1.29, 1.82) is 0 Å². The highest BCUT2D eigenvalue weighted by atomic mass is 79.9. The summed E-state index contributed by atoms with van der Waals surface area (Å²) in [5, 5.41) is 2.83.